The molecule has 29 heavy (non-hydrogen) atoms. The second kappa shape index (κ2) is 9.67. The van der Waals surface area contributed by atoms with Gasteiger partial charge in [-0.2, -0.15) is 0 Å². The van der Waals surface area contributed by atoms with Crippen LogP contribution < -0.4 is 10.6 Å². The minimum absolute atomic E-state index is 0.0523. The number of benzene rings is 2. The van der Waals surface area contributed by atoms with Crippen molar-refractivity contribution in [1.29, 1.82) is 0 Å². The van der Waals surface area contributed by atoms with Gasteiger partial charge in [-0.15, -0.1) is 0 Å². The van der Waals surface area contributed by atoms with Crippen LogP contribution in [0.15, 0.2) is 60.7 Å². The first kappa shape index (κ1) is 21.0. The SMILES string of the molecule is O=C(NCCNC(=O)C(c1ccccc1)N1CCS(=O)(=O)CC1)c1ccccc1. The molecule has 2 aromatic rings. The maximum atomic E-state index is 12.9. The summed E-state index contributed by atoms with van der Waals surface area (Å²) in [5.41, 5.74) is 1.38. The largest absolute Gasteiger partial charge is 0.353 e. The van der Waals surface area contributed by atoms with Crippen molar-refractivity contribution in [2.45, 2.75) is 6.04 Å². The first-order valence-corrected chi connectivity index (χ1v) is 11.4. The van der Waals surface area contributed by atoms with E-state index in [2.05, 4.69) is 10.6 Å². The van der Waals surface area contributed by atoms with E-state index in [0.29, 0.717) is 25.2 Å². The van der Waals surface area contributed by atoms with E-state index < -0.39 is 15.9 Å². The minimum atomic E-state index is -3.03. The Morgan fingerprint density at radius 3 is 2.03 bits per heavy atom. The summed E-state index contributed by atoms with van der Waals surface area (Å²) < 4.78 is 23.5. The van der Waals surface area contributed by atoms with E-state index in [4.69, 9.17) is 0 Å². The van der Waals surface area contributed by atoms with E-state index in [1.165, 1.54) is 0 Å². The number of amides is 2. The van der Waals surface area contributed by atoms with Crippen molar-refractivity contribution in [3.05, 3.63) is 71.8 Å². The molecular weight excluding hydrogens is 390 g/mol. The molecule has 0 bridgehead atoms. The van der Waals surface area contributed by atoms with Gasteiger partial charge in [-0.25, -0.2) is 8.42 Å². The first-order chi connectivity index (χ1) is 14.0. The van der Waals surface area contributed by atoms with Crippen LogP contribution in [-0.4, -0.2) is 62.8 Å². The van der Waals surface area contributed by atoms with E-state index >= 15 is 0 Å². The Morgan fingerprint density at radius 2 is 1.41 bits per heavy atom. The number of carbonyl (C=O) groups excluding carboxylic acids is 2. The van der Waals surface area contributed by atoms with Crippen LogP contribution in [0.4, 0.5) is 0 Å². The standard InChI is InChI=1S/C21H25N3O4S/c25-20(18-9-5-2-6-10-18)22-11-12-23-21(26)19(17-7-3-1-4-8-17)24-13-15-29(27,28)16-14-24/h1-10,19H,11-16H2,(H,22,25)(H,23,26). The maximum Gasteiger partial charge on any atom is 0.251 e. The molecule has 2 aromatic carbocycles. The Bertz CT molecular complexity index is 919. The number of sulfone groups is 1. The average Bonchev–Trinajstić information content (AvgIpc) is 2.74. The van der Waals surface area contributed by atoms with Crippen molar-refractivity contribution in [2.75, 3.05) is 37.7 Å². The monoisotopic (exact) mass is 415 g/mol. The number of nitrogens with one attached hydrogen (secondary N) is 2. The topological polar surface area (TPSA) is 95.6 Å². The Kier molecular flexibility index (Phi) is 7.00. The van der Waals surface area contributed by atoms with E-state index in [0.717, 1.165) is 5.56 Å². The fraction of sp³-hybridized carbons (Fsp3) is 0.333. The van der Waals surface area contributed by atoms with E-state index in [-0.39, 0.29) is 29.9 Å². The molecule has 1 atom stereocenters. The molecule has 1 heterocycles. The highest BCUT2D eigenvalue weighted by molar-refractivity contribution is 7.91. The lowest BCUT2D eigenvalue weighted by atomic mass is 10.0. The Hall–Kier alpha value is -2.71. The molecule has 2 amide bonds. The summed E-state index contributed by atoms with van der Waals surface area (Å²) in [5.74, 6) is -0.293. The zero-order chi connectivity index (χ0) is 20.7. The predicted molar refractivity (Wildman–Crippen MR) is 111 cm³/mol. The lowest BCUT2D eigenvalue weighted by molar-refractivity contribution is -0.126. The van der Waals surface area contributed by atoms with Crippen molar-refractivity contribution < 1.29 is 18.0 Å². The summed E-state index contributed by atoms with van der Waals surface area (Å²) in [6.45, 7) is 1.22. The van der Waals surface area contributed by atoms with Crippen molar-refractivity contribution in [3.63, 3.8) is 0 Å². The van der Waals surface area contributed by atoms with Gasteiger partial charge >= 0.3 is 0 Å². The van der Waals surface area contributed by atoms with E-state index in [1.807, 2.05) is 41.3 Å². The molecule has 1 unspecified atom stereocenters. The molecule has 1 aliphatic rings. The molecule has 0 spiro atoms. The normalized spacial score (nSPS) is 17.2. The van der Waals surface area contributed by atoms with Crippen molar-refractivity contribution >= 4 is 21.7 Å². The lowest BCUT2D eigenvalue weighted by Gasteiger charge is -2.33. The van der Waals surface area contributed by atoms with Crippen molar-refractivity contribution in [2.24, 2.45) is 0 Å². The number of hydrogen-bond acceptors (Lipinski definition) is 5. The molecule has 7 nitrogen and oxygen atoms in total. The first-order valence-electron chi connectivity index (χ1n) is 9.57. The molecule has 0 aliphatic carbocycles. The van der Waals surface area contributed by atoms with Gasteiger partial charge in [-0.05, 0) is 17.7 Å². The highest BCUT2D eigenvalue weighted by Gasteiger charge is 2.32. The molecule has 1 fully saturated rings. The van der Waals surface area contributed by atoms with Gasteiger partial charge in [0.05, 0.1) is 11.5 Å². The summed E-state index contributed by atoms with van der Waals surface area (Å²) in [7, 11) is -3.03. The number of nitrogens with zero attached hydrogens (tertiary/aromatic N) is 1. The number of hydrogen-bond donors (Lipinski definition) is 2. The third-order valence-corrected chi connectivity index (χ3v) is 6.46. The van der Waals surface area contributed by atoms with Crippen molar-refractivity contribution in [3.8, 4) is 0 Å². The van der Waals surface area contributed by atoms with Crippen LogP contribution in [0.3, 0.4) is 0 Å². The maximum absolute atomic E-state index is 12.9. The smallest absolute Gasteiger partial charge is 0.251 e. The second-order valence-corrected chi connectivity index (χ2v) is 9.22. The molecule has 0 radical (unpaired) electrons. The van der Waals surface area contributed by atoms with Crippen LogP contribution >= 0.6 is 0 Å². The average molecular weight is 416 g/mol. The molecular formula is C21H25N3O4S. The predicted octanol–water partition coefficient (Wildman–Crippen LogP) is 1.00. The lowest BCUT2D eigenvalue weighted by Crippen LogP contribution is -2.48. The summed E-state index contributed by atoms with van der Waals surface area (Å²) in [6.07, 6.45) is 0. The van der Waals surface area contributed by atoms with Crippen LogP contribution in [0.25, 0.3) is 0 Å². The van der Waals surface area contributed by atoms with Gasteiger partial charge in [0, 0.05) is 31.7 Å². The van der Waals surface area contributed by atoms with Crippen LogP contribution in [0.1, 0.15) is 22.0 Å². The molecule has 0 aromatic heterocycles. The quantitative estimate of drug-likeness (QED) is 0.658. The van der Waals surface area contributed by atoms with Gasteiger partial charge in [0.15, 0.2) is 9.84 Å². The number of rotatable bonds is 7. The highest BCUT2D eigenvalue weighted by Crippen LogP contribution is 2.23. The summed E-state index contributed by atoms with van der Waals surface area (Å²) in [4.78, 5) is 26.9. The number of carbonyl (C=O) groups is 2. The molecule has 154 valence electrons. The fourth-order valence-electron chi connectivity index (χ4n) is 3.30. The third kappa shape index (κ3) is 5.88. The minimum Gasteiger partial charge on any atom is -0.353 e. The molecule has 1 saturated heterocycles. The zero-order valence-corrected chi connectivity index (χ0v) is 16.9. The van der Waals surface area contributed by atoms with Gasteiger partial charge in [0.2, 0.25) is 5.91 Å². The zero-order valence-electron chi connectivity index (χ0n) is 16.1. The van der Waals surface area contributed by atoms with Crippen LogP contribution in [0, 0.1) is 0 Å². The molecule has 8 heteroatoms. The Morgan fingerprint density at radius 1 is 0.862 bits per heavy atom. The Labute approximate surface area is 171 Å². The van der Waals surface area contributed by atoms with Crippen molar-refractivity contribution in [1.82, 2.24) is 15.5 Å². The Balaban J connectivity index is 1.58. The van der Waals surface area contributed by atoms with Gasteiger partial charge in [0.1, 0.15) is 6.04 Å². The summed E-state index contributed by atoms with van der Waals surface area (Å²) in [5, 5.41) is 5.64. The van der Waals surface area contributed by atoms with Gasteiger partial charge in [-0.1, -0.05) is 48.5 Å². The summed E-state index contributed by atoms with van der Waals surface area (Å²) >= 11 is 0. The second-order valence-electron chi connectivity index (χ2n) is 6.91. The van der Waals surface area contributed by atoms with E-state index in [9.17, 15) is 18.0 Å². The molecule has 3 rings (SSSR count). The summed E-state index contributed by atoms with van der Waals surface area (Å²) in [6, 6.07) is 17.6. The molecule has 1 aliphatic heterocycles. The molecule has 0 saturated carbocycles. The molecule has 2 N–H and O–H groups in total. The third-order valence-electron chi connectivity index (χ3n) is 4.85. The highest BCUT2D eigenvalue weighted by atomic mass is 32.2. The van der Waals surface area contributed by atoms with Gasteiger partial charge in [0.25, 0.3) is 5.91 Å². The van der Waals surface area contributed by atoms with Crippen LogP contribution in [0.2, 0.25) is 0 Å². The van der Waals surface area contributed by atoms with Gasteiger partial charge in [-0.3, -0.25) is 14.5 Å². The van der Waals surface area contributed by atoms with Gasteiger partial charge < -0.3 is 10.6 Å². The van der Waals surface area contributed by atoms with E-state index in [1.54, 1.807) is 24.3 Å². The van der Waals surface area contributed by atoms with Crippen LogP contribution in [-0.2, 0) is 14.6 Å². The fourth-order valence-corrected chi connectivity index (χ4v) is 4.53. The van der Waals surface area contributed by atoms with Crippen LogP contribution in [0.5, 0.6) is 0 Å².